The summed E-state index contributed by atoms with van der Waals surface area (Å²) in [5.41, 5.74) is 1.16. The molecule has 4 heteroatoms. The fourth-order valence-corrected chi connectivity index (χ4v) is 2.90. The van der Waals surface area contributed by atoms with Crippen molar-refractivity contribution in [1.82, 2.24) is 10.2 Å². The number of nitrogens with one attached hydrogen (secondary N) is 1. The third-order valence-corrected chi connectivity index (χ3v) is 4.33. The molecule has 1 N–H and O–H groups in total. The molecule has 1 fully saturated rings. The van der Waals surface area contributed by atoms with Crippen LogP contribution in [0.4, 0.5) is 0 Å². The first-order valence-corrected chi connectivity index (χ1v) is 7.73. The molecule has 1 aliphatic rings. The van der Waals surface area contributed by atoms with Gasteiger partial charge in [0.05, 0.1) is 7.11 Å². The van der Waals surface area contributed by atoms with Gasteiger partial charge in [0.15, 0.2) is 0 Å². The minimum atomic E-state index is 0.211. The highest BCUT2D eigenvalue weighted by Crippen LogP contribution is 2.24. The van der Waals surface area contributed by atoms with E-state index in [0.29, 0.717) is 12.5 Å². The van der Waals surface area contributed by atoms with Crippen molar-refractivity contribution < 1.29 is 9.53 Å². The number of carbonyl (C=O) groups excluding carboxylic acids is 1. The lowest BCUT2D eigenvalue weighted by atomic mass is 9.96. The van der Waals surface area contributed by atoms with Crippen LogP contribution in [-0.4, -0.2) is 44.1 Å². The summed E-state index contributed by atoms with van der Waals surface area (Å²) < 4.78 is 5.25. The highest BCUT2D eigenvalue weighted by atomic mass is 16.5. The smallest absolute Gasteiger partial charge is 0.223 e. The van der Waals surface area contributed by atoms with Crippen LogP contribution in [0.5, 0.6) is 5.75 Å². The average Bonchev–Trinajstić information content (AvgIpc) is 2.54. The van der Waals surface area contributed by atoms with Crippen LogP contribution in [0.2, 0.25) is 0 Å². The number of rotatable bonds is 5. The second-order valence-electron chi connectivity index (χ2n) is 5.85. The lowest BCUT2D eigenvalue weighted by Gasteiger charge is -2.33. The predicted molar refractivity (Wildman–Crippen MR) is 84.7 cm³/mol. The summed E-state index contributed by atoms with van der Waals surface area (Å²) in [6.07, 6.45) is 2.81. The van der Waals surface area contributed by atoms with Crippen molar-refractivity contribution in [3.8, 4) is 5.75 Å². The van der Waals surface area contributed by atoms with Crippen LogP contribution in [-0.2, 0) is 4.79 Å². The predicted octanol–water partition coefficient (Wildman–Crippen LogP) is 2.40. The monoisotopic (exact) mass is 290 g/mol. The number of likely N-dealkylation sites (N-methyl/N-ethyl adjacent to an activating group) is 1. The standard InChI is InChI=1S/C17H26N2O2/c1-13(14-6-4-8-16(11-14)21-3)10-17(20)19-9-5-7-15(12-19)18-2/h4,6,8,11,13,15,18H,5,7,9-10,12H2,1-3H3. The fraction of sp³-hybridized carbons (Fsp3) is 0.588. The van der Waals surface area contributed by atoms with E-state index in [1.807, 2.05) is 30.1 Å². The number of hydrogen-bond acceptors (Lipinski definition) is 3. The van der Waals surface area contributed by atoms with E-state index in [9.17, 15) is 4.79 Å². The minimum Gasteiger partial charge on any atom is -0.497 e. The number of ether oxygens (including phenoxy) is 1. The number of piperidine rings is 1. The normalized spacial score (nSPS) is 20.1. The van der Waals surface area contributed by atoms with E-state index in [4.69, 9.17) is 4.74 Å². The minimum absolute atomic E-state index is 0.211. The summed E-state index contributed by atoms with van der Waals surface area (Å²) in [4.78, 5) is 14.5. The third-order valence-electron chi connectivity index (χ3n) is 4.33. The number of methoxy groups -OCH3 is 1. The number of benzene rings is 1. The van der Waals surface area contributed by atoms with Gasteiger partial charge < -0.3 is 15.0 Å². The summed E-state index contributed by atoms with van der Waals surface area (Å²) in [6.45, 7) is 3.83. The molecule has 2 unspecified atom stereocenters. The zero-order valence-corrected chi connectivity index (χ0v) is 13.3. The van der Waals surface area contributed by atoms with Crippen LogP contribution in [0, 0.1) is 0 Å². The van der Waals surface area contributed by atoms with Crippen LogP contribution < -0.4 is 10.1 Å². The maximum Gasteiger partial charge on any atom is 0.223 e. The lowest BCUT2D eigenvalue weighted by molar-refractivity contribution is -0.132. The van der Waals surface area contributed by atoms with Crippen LogP contribution in [0.3, 0.4) is 0 Å². The van der Waals surface area contributed by atoms with Crippen molar-refractivity contribution in [1.29, 1.82) is 0 Å². The number of nitrogens with zero attached hydrogens (tertiary/aromatic N) is 1. The zero-order valence-electron chi connectivity index (χ0n) is 13.3. The van der Waals surface area contributed by atoms with Gasteiger partial charge in [0, 0.05) is 25.6 Å². The van der Waals surface area contributed by atoms with Crippen molar-refractivity contribution in [3.05, 3.63) is 29.8 Å². The van der Waals surface area contributed by atoms with Crippen LogP contribution in [0.25, 0.3) is 0 Å². The third kappa shape index (κ3) is 4.21. The van der Waals surface area contributed by atoms with Crippen molar-refractivity contribution in [2.24, 2.45) is 0 Å². The fourth-order valence-electron chi connectivity index (χ4n) is 2.90. The lowest BCUT2D eigenvalue weighted by Crippen LogP contribution is -2.47. The molecule has 1 aliphatic heterocycles. The number of hydrogen-bond donors (Lipinski definition) is 1. The quantitative estimate of drug-likeness (QED) is 0.905. The summed E-state index contributed by atoms with van der Waals surface area (Å²) >= 11 is 0. The Balaban J connectivity index is 1.94. The van der Waals surface area contributed by atoms with Gasteiger partial charge in [-0.3, -0.25) is 4.79 Å². The Morgan fingerprint density at radius 1 is 1.52 bits per heavy atom. The molecule has 21 heavy (non-hydrogen) atoms. The summed E-state index contributed by atoms with van der Waals surface area (Å²) in [6, 6.07) is 8.43. The Labute approximate surface area is 127 Å². The Morgan fingerprint density at radius 3 is 3.05 bits per heavy atom. The molecule has 1 aromatic rings. The molecule has 1 heterocycles. The highest BCUT2D eigenvalue weighted by molar-refractivity contribution is 5.77. The summed E-state index contributed by atoms with van der Waals surface area (Å²) in [7, 11) is 3.64. The van der Waals surface area contributed by atoms with Gasteiger partial charge >= 0.3 is 0 Å². The van der Waals surface area contributed by atoms with Gasteiger partial charge in [0.1, 0.15) is 5.75 Å². The van der Waals surface area contributed by atoms with Gasteiger partial charge in [-0.15, -0.1) is 0 Å². The van der Waals surface area contributed by atoms with E-state index >= 15 is 0 Å². The second-order valence-corrected chi connectivity index (χ2v) is 5.85. The first kappa shape index (κ1) is 15.8. The Hall–Kier alpha value is -1.55. The summed E-state index contributed by atoms with van der Waals surface area (Å²) in [5, 5.41) is 3.28. The number of carbonyl (C=O) groups is 1. The molecule has 1 aromatic carbocycles. The zero-order chi connectivity index (χ0) is 15.2. The molecule has 2 atom stereocenters. The van der Waals surface area contributed by atoms with Gasteiger partial charge in [0.25, 0.3) is 0 Å². The van der Waals surface area contributed by atoms with Crippen LogP contribution in [0.15, 0.2) is 24.3 Å². The Morgan fingerprint density at radius 2 is 2.33 bits per heavy atom. The second kappa shape index (κ2) is 7.46. The van der Waals surface area contributed by atoms with Gasteiger partial charge in [0.2, 0.25) is 5.91 Å². The van der Waals surface area contributed by atoms with E-state index < -0.39 is 0 Å². The van der Waals surface area contributed by atoms with E-state index in [2.05, 4.69) is 18.3 Å². The average molecular weight is 290 g/mol. The van der Waals surface area contributed by atoms with E-state index in [0.717, 1.165) is 37.2 Å². The SMILES string of the molecule is CNC1CCCN(C(=O)CC(C)c2cccc(OC)c2)C1. The van der Waals surface area contributed by atoms with E-state index in [-0.39, 0.29) is 11.8 Å². The van der Waals surface area contributed by atoms with Gasteiger partial charge in [-0.1, -0.05) is 19.1 Å². The first-order chi connectivity index (χ1) is 10.1. The van der Waals surface area contributed by atoms with Crippen molar-refractivity contribution in [2.45, 2.75) is 38.1 Å². The molecule has 1 amide bonds. The number of likely N-dealkylation sites (tertiary alicyclic amines) is 1. The first-order valence-electron chi connectivity index (χ1n) is 7.73. The largest absolute Gasteiger partial charge is 0.497 e. The van der Waals surface area contributed by atoms with Crippen LogP contribution in [0.1, 0.15) is 37.7 Å². The molecular formula is C17H26N2O2. The highest BCUT2D eigenvalue weighted by Gasteiger charge is 2.24. The van der Waals surface area contributed by atoms with E-state index in [1.54, 1.807) is 7.11 Å². The van der Waals surface area contributed by atoms with Crippen molar-refractivity contribution in [3.63, 3.8) is 0 Å². The number of amides is 1. The Bertz CT molecular complexity index is 476. The molecule has 4 nitrogen and oxygen atoms in total. The van der Waals surface area contributed by atoms with Crippen LogP contribution >= 0.6 is 0 Å². The molecule has 1 saturated heterocycles. The molecule has 0 aromatic heterocycles. The molecule has 116 valence electrons. The molecular weight excluding hydrogens is 264 g/mol. The molecule has 0 bridgehead atoms. The summed E-state index contributed by atoms with van der Waals surface area (Å²) in [5.74, 6) is 1.31. The maximum absolute atomic E-state index is 12.5. The molecule has 0 spiro atoms. The molecule has 0 aliphatic carbocycles. The topological polar surface area (TPSA) is 41.6 Å². The van der Waals surface area contributed by atoms with Crippen molar-refractivity contribution >= 4 is 5.91 Å². The molecule has 2 rings (SSSR count). The van der Waals surface area contributed by atoms with E-state index in [1.165, 1.54) is 0 Å². The Kier molecular flexibility index (Phi) is 5.62. The van der Waals surface area contributed by atoms with Gasteiger partial charge in [-0.05, 0) is 43.5 Å². The van der Waals surface area contributed by atoms with Gasteiger partial charge in [-0.25, -0.2) is 0 Å². The molecule has 0 saturated carbocycles. The van der Waals surface area contributed by atoms with Gasteiger partial charge in [-0.2, -0.15) is 0 Å². The molecule has 0 radical (unpaired) electrons. The maximum atomic E-state index is 12.5. The van der Waals surface area contributed by atoms with Crippen molar-refractivity contribution in [2.75, 3.05) is 27.2 Å².